The van der Waals surface area contributed by atoms with Crippen LogP contribution in [-0.4, -0.2) is 21.2 Å². The molecule has 0 radical (unpaired) electrons. The molecule has 0 aromatic carbocycles. The molecule has 1 aliphatic carbocycles. The van der Waals surface area contributed by atoms with Gasteiger partial charge in [-0.1, -0.05) is 26.2 Å². The number of aryl methyl sites for hydroxylation is 1. The SMILES string of the molecule is CCC1CCCC(NCc2c(CO)cnc(C)c2O)C1. The second kappa shape index (κ2) is 7.04. The number of hydrogen-bond acceptors (Lipinski definition) is 4. The average molecular weight is 278 g/mol. The molecule has 4 heteroatoms. The molecule has 1 aromatic rings. The maximum absolute atomic E-state index is 10.1. The Bertz CT molecular complexity index is 448. The largest absolute Gasteiger partial charge is 0.506 e. The third-order valence-corrected chi connectivity index (χ3v) is 4.53. The van der Waals surface area contributed by atoms with Crippen molar-refractivity contribution in [2.45, 2.75) is 65.1 Å². The molecule has 1 fully saturated rings. The molecule has 1 heterocycles. The summed E-state index contributed by atoms with van der Waals surface area (Å²) >= 11 is 0. The molecule has 4 nitrogen and oxygen atoms in total. The topological polar surface area (TPSA) is 65.4 Å². The minimum atomic E-state index is -0.0832. The summed E-state index contributed by atoms with van der Waals surface area (Å²) in [6, 6.07) is 0.521. The molecule has 20 heavy (non-hydrogen) atoms. The first-order valence-electron chi connectivity index (χ1n) is 7.66. The van der Waals surface area contributed by atoms with Crippen LogP contribution in [0.5, 0.6) is 5.75 Å². The zero-order valence-electron chi connectivity index (χ0n) is 12.5. The van der Waals surface area contributed by atoms with Gasteiger partial charge in [-0.2, -0.15) is 0 Å². The fourth-order valence-electron chi connectivity index (χ4n) is 3.11. The fourth-order valence-corrected chi connectivity index (χ4v) is 3.11. The van der Waals surface area contributed by atoms with Gasteiger partial charge in [-0.15, -0.1) is 0 Å². The van der Waals surface area contributed by atoms with E-state index < -0.39 is 0 Å². The molecule has 0 saturated heterocycles. The summed E-state index contributed by atoms with van der Waals surface area (Å²) in [5, 5.41) is 23.0. The zero-order chi connectivity index (χ0) is 14.5. The Morgan fingerprint density at radius 1 is 1.40 bits per heavy atom. The third kappa shape index (κ3) is 3.49. The van der Waals surface area contributed by atoms with Gasteiger partial charge in [0.1, 0.15) is 5.75 Å². The van der Waals surface area contributed by atoms with Gasteiger partial charge in [0.2, 0.25) is 0 Å². The third-order valence-electron chi connectivity index (χ3n) is 4.53. The molecule has 0 aliphatic heterocycles. The number of hydrogen-bond donors (Lipinski definition) is 3. The maximum Gasteiger partial charge on any atom is 0.141 e. The molecule has 0 bridgehead atoms. The van der Waals surface area contributed by atoms with Crippen molar-refractivity contribution >= 4 is 0 Å². The number of nitrogens with one attached hydrogen (secondary N) is 1. The first-order valence-corrected chi connectivity index (χ1v) is 7.66. The van der Waals surface area contributed by atoms with Crippen LogP contribution < -0.4 is 5.32 Å². The highest BCUT2D eigenvalue weighted by atomic mass is 16.3. The Labute approximate surface area is 121 Å². The van der Waals surface area contributed by atoms with Crippen LogP contribution in [0, 0.1) is 12.8 Å². The molecule has 1 aliphatic rings. The lowest BCUT2D eigenvalue weighted by molar-refractivity contribution is 0.269. The Morgan fingerprint density at radius 2 is 2.20 bits per heavy atom. The molecule has 1 aromatic heterocycles. The number of aromatic hydroxyl groups is 1. The average Bonchev–Trinajstić information content (AvgIpc) is 2.49. The lowest BCUT2D eigenvalue weighted by atomic mass is 9.84. The predicted octanol–water partition coefficient (Wildman–Crippen LogP) is 2.65. The van der Waals surface area contributed by atoms with E-state index in [1.165, 1.54) is 32.1 Å². The van der Waals surface area contributed by atoms with Gasteiger partial charge in [0.15, 0.2) is 0 Å². The molecule has 112 valence electrons. The van der Waals surface area contributed by atoms with Gasteiger partial charge < -0.3 is 15.5 Å². The number of rotatable bonds is 5. The van der Waals surface area contributed by atoms with Crippen molar-refractivity contribution < 1.29 is 10.2 Å². The van der Waals surface area contributed by atoms with E-state index in [0.29, 0.717) is 23.8 Å². The van der Waals surface area contributed by atoms with Crippen molar-refractivity contribution in [1.82, 2.24) is 10.3 Å². The number of aromatic nitrogens is 1. The Morgan fingerprint density at radius 3 is 2.90 bits per heavy atom. The van der Waals surface area contributed by atoms with Crippen LogP contribution in [0.3, 0.4) is 0 Å². The van der Waals surface area contributed by atoms with Crippen molar-refractivity contribution in [3.63, 3.8) is 0 Å². The molecule has 2 atom stereocenters. The highest BCUT2D eigenvalue weighted by Gasteiger charge is 2.21. The number of aliphatic hydroxyl groups is 1. The molecule has 3 N–H and O–H groups in total. The van der Waals surface area contributed by atoms with Crippen molar-refractivity contribution in [2.75, 3.05) is 0 Å². The van der Waals surface area contributed by atoms with E-state index in [-0.39, 0.29) is 12.4 Å². The van der Waals surface area contributed by atoms with Gasteiger partial charge in [0.05, 0.1) is 12.3 Å². The summed E-state index contributed by atoms with van der Waals surface area (Å²) < 4.78 is 0. The lowest BCUT2D eigenvalue weighted by Gasteiger charge is -2.29. The van der Waals surface area contributed by atoms with Crippen molar-refractivity contribution in [1.29, 1.82) is 0 Å². The summed E-state index contributed by atoms with van der Waals surface area (Å²) in [5.41, 5.74) is 2.12. The van der Waals surface area contributed by atoms with Crippen LogP contribution in [-0.2, 0) is 13.2 Å². The Hall–Kier alpha value is -1.13. The molecule has 1 saturated carbocycles. The quantitative estimate of drug-likeness (QED) is 0.774. The minimum absolute atomic E-state index is 0.0832. The summed E-state index contributed by atoms with van der Waals surface area (Å²) in [7, 11) is 0. The van der Waals surface area contributed by atoms with Crippen molar-refractivity contribution in [3.05, 3.63) is 23.0 Å². The van der Waals surface area contributed by atoms with Gasteiger partial charge in [0.25, 0.3) is 0 Å². The van der Waals surface area contributed by atoms with Crippen LogP contribution in [0.25, 0.3) is 0 Å². The van der Waals surface area contributed by atoms with Crippen LogP contribution in [0.15, 0.2) is 6.20 Å². The van der Waals surface area contributed by atoms with E-state index in [0.717, 1.165) is 11.5 Å². The van der Waals surface area contributed by atoms with Gasteiger partial charge >= 0.3 is 0 Å². The second-order valence-electron chi connectivity index (χ2n) is 5.87. The van der Waals surface area contributed by atoms with E-state index in [2.05, 4.69) is 17.2 Å². The maximum atomic E-state index is 10.1. The van der Waals surface area contributed by atoms with E-state index in [1.54, 1.807) is 13.1 Å². The highest BCUT2D eigenvalue weighted by Crippen LogP contribution is 2.28. The Balaban J connectivity index is 2.01. The van der Waals surface area contributed by atoms with E-state index in [9.17, 15) is 10.2 Å². The van der Waals surface area contributed by atoms with Crippen LogP contribution in [0.1, 0.15) is 55.8 Å². The van der Waals surface area contributed by atoms with Crippen LogP contribution >= 0.6 is 0 Å². The van der Waals surface area contributed by atoms with Gasteiger partial charge in [-0.25, -0.2) is 0 Å². The van der Waals surface area contributed by atoms with E-state index in [1.807, 2.05) is 0 Å². The first kappa shape index (κ1) is 15.3. The predicted molar refractivity (Wildman–Crippen MR) is 79.4 cm³/mol. The van der Waals surface area contributed by atoms with Gasteiger partial charge in [-0.05, 0) is 25.7 Å². The van der Waals surface area contributed by atoms with Crippen LogP contribution in [0.4, 0.5) is 0 Å². The second-order valence-corrected chi connectivity index (χ2v) is 5.87. The van der Waals surface area contributed by atoms with Gasteiger partial charge in [-0.3, -0.25) is 4.98 Å². The molecule has 0 amide bonds. The lowest BCUT2D eigenvalue weighted by Crippen LogP contribution is -2.34. The number of nitrogens with zero attached hydrogens (tertiary/aromatic N) is 1. The Kier molecular flexibility index (Phi) is 5.38. The summed E-state index contributed by atoms with van der Waals surface area (Å²) in [6.07, 6.45) is 7.95. The normalized spacial score (nSPS) is 22.9. The highest BCUT2D eigenvalue weighted by molar-refractivity contribution is 5.40. The zero-order valence-corrected chi connectivity index (χ0v) is 12.5. The van der Waals surface area contributed by atoms with Gasteiger partial charge in [0, 0.05) is 29.9 Å². The molecular weight excluding hydrogens is 252 g/mol. The molecule has 0 spiro atoms. The van der Waals surface area contributed by atoms with E-state index in [4.69, 9.17) is 0 Å². The first-order chi connectivity index (χ1) is 9.65. The fraction of sp³-hybridized carbons (Fsp3) is 0.688. The minimum Gasteiger partial charge on any atom is -0.506 e. The van der Waals surface area contributed by atoms with Crippen LogP contribution in [0.2, 0.25) is 0 Å². The van der Waals surface area contributed by atoms with Crippen molar-refractivity contribution in [2.24, 2.45) is 5.92 Å². The summed E-state index contributed by atoms with van der Waals surface area (Å²) in [6.45, 7) is 4.56. The van der Waals surface area contributed by atoms with Crippen molar-refractivity contribution in [3.8, 4) is 5.75 Å². The standard InChI is InChI=1S/C16H26N2O2/c1-3-12-5-4-6-14(7-12)18-9-15-13(10-19)8-17-11(2)16(15)20/h8,12,14,18-20H,3-7,9-10H2,1-2H3. The molecular formula is C16H26N2O2. The monoisotopic (exact) mass is 278 g/mol. The molecule has 2 rings (SSSR count). The number of pyridine rings is 1. The summed E-state index contributed by atoms with van der Waals surface area (Å²) in [4.78, 5) is 4.09. The molecule has 2 unspecified atom stereocenters. The van der Waals surface area contributed by atoms with E-state index >= 15 is 0 Å². The number of aliphatic hydroxyl groups excluding tert-OH is 1. The summed E-state index contributed by atoms with van der Waals surface area (Å²) in [5.74, 6) is 1.04. The smallest absolute Gasteiger partial charge is 0.141 e.